The van der Waals surface area contributed by atoms with Crippen LogP contribution in [0.2, 0.25) is 0 Å². The second-order valence-corrected chi connectivity index (χ2v) is 5.24. The van der Waals surface area contributed by atoms with E-state index in [2.05, 4.69) is 59.6 Å². The van der Waals surface area contributed by atoms with E-state index in [0.29, 0.717) is 0 Å². The van der Waals surface area contributed by atoms with Gasteiger partial charge in [-0.05, 0) is 17.5 Å². The van der Waals surface area contributed by atoms with Gasteiger partial charge in [0.05, 0.1) is 5.92 Å². The highest BCUT2D eigenvalue weighted by molar-refractivity contribution is 7.09. The maximum absolute atomic E-state index is 4.47. The van der Waals surface area contributed by atoms with Crippen molar-refractivity contribution in [2.45, 2.75) is 6.42 Å². The van der Waals surface area contributed by atoms with Gasteiger partial charge in [0.25, 0.3) is 0 Å². The van der Waals surface area contributed by atoms with Crippen molar-refractivity contribution >= 4 is 11.3 Å². The molecule has 1 heterocycles. The molecule has 0 N–H and O–H groups in total. The van der Waals surface area contributed by atoms with Gasteiger partial charge in [-0.25, -0.2) is 4.98 Å². The second kappa shape index (κ2) is 5.81. The third kappa shape index (κ3) is 2.91. The molecule has 0 amide bonds. The maximum atomic E-state index is 4.47. The summed E-state index contributed by atoms with van der Waals surface area (Å²) in [5, 5.41) is 3.14. The molecule has 0 fully saturated rings. The SMILES string of the molecule is c1ccc(C[C](c2ccccc2)c2nccs2)cc1. The van der Waals surface area contributed by atoms with Crippen LogP contribution in [0.5, 0.6) is 0 Å². The first-order valence-electron chi connectivity index (χ1n) is 6.28. The number of aromatic nitrogens is 1. The van der Waals surface area contributed by atoms with Crippen LogP contribution in [0, 0.1) is 5.92 Å². The van der Waals surface area contributed by atoms with Crippen LogP contribution in [-0.4, -0.2) is 4.98 Å². The summed E-state index contributed by atoms with van der Waals surface area (Å²) in [4.78, 5) is 4.47. The van der Waals surface area contributed by atoms with Crippen molar-refractivity contribution < 1.29 is 0 Å². The Bertz CT molecular complexity index is 602. The Morgan fingerprint density at radius 3 is 2.21 bits per heavy atom. The summed E-state index contributed by atoms with van der Waals surface area (Å²) in [6.07, 6.45) is 2.78. The van der Waals surface area contributed by atoms with Crippen molar-refractivity contribution in [2.24, 2.45) is 0 Å². The first-order chi connectivity index (χ1) is 9.43. The summed E-state index contributed by atoms with van der Waals surface area (Å²) >= 11 is 1.70. The number of thiazole rings is 1. The average molecular weight is 264 g/mol. The van der Waals surface area contributed by atoms with Crippen molar-refractivity contribution in [1.29, 1.82) is 0 Å². The van der Waals surface area contributed by atoms with Crippen LogP contribution in [-0.2, 0) is 6.42 Å². The second-order valence-electron chi connectivity index (χ2n) is 4.34. The fraction of sp³-hybridized carbons (Fsp3) is 0.0588. The van der Waals surface area contributed by atoms with Crippen LogP contribution in [0.1, 0.15) is 16.1 Å². The summed E-state index contributed by atoms with van der Waals surface area (Å²) < 4.78 is 0. The first-order valence-corrected chi connectivity index (χ1v) is 7.16. The molecule has 0 aliphatic carbocycles. The van der Waals surface area contributed by atoms with E-state index in [1.165, 1.54) is 17.0 Å². The third-order valence-corrected chi connectivity index (χ3v) is 3.87. The van der Waals surface area contributed by atoms with E-state index in [0.717, 1.165) is 11.4 Å². The molecule has 2 heteroatoms. The van der Waals surface area contributed by atoms with E-state index in [9.17, 15) is 0 Å². The summed E-state index contributed by atoms with van der Waals surface area (Å²) in [7, 11) is 0. The zero-order chi connectivity index (χ0) is 12.9. The van der Waals surface area contributed by atoms with E-state index in [1.807, 2.05) is 17.6 Å². The van der Waals surface area contributed by atoms with Gasteiger partial charge < -0.3 is 0 Å². The fourth-order valence-electron chi connectivity index (χ4n) is 2.11. The molecular formula is C17H14NS. The minimum absolute atomic E-state index is 0.915. The molecule has 0 aliphatic heterocycles. The molecule has 19 heavy (non-hydrogen) atoms. The number of rotatable bonds is 4. The number of nitrogens with zero attached hydrogens (tertiary/aromatic N) is 1. The summed E-state index contributed by atoms with van der Waals surface area (Å²) in [6.45, 7) is 0. The summed E-state index contributed by atoms with van der Waals surface area (Å²) in [6, 6.07) is 21.1. The smallest absolute Gasteiger partial charge is 0.105 e. The van der Waals surface area contributed by atoms with Crippen LogP contribution < -0.4 is 0 Å². The number of hydrogen-bond donors (Lipinski definition) is 0. The molecule has 0 aliphatic rings. The van der Waals surface area contributed by atoms with Gasteiger partial charge in [0.15, 0.2) is 0 Å². The molecule has 3 aromatic rings. The lowest BCUT2D eigenvalue weighted by Gasteiger charge is -2.14. The van der Waals surface area contributed by atoms with Crippen molar-refractivity contribution in [3.63, 3.8) is 0 Å². The normalized spacial score (nSPS) is 10.8. The van der Waals surface area contributed by atoms with Gasteiger partial charge in [-0.15, -0.1) is 11.3 Å². The van der Waals surface area contributed by atoms with E-state index in [4.69, 9.17) is 0 Å². The summed E-state index contributed by atoms with van der Waals surface area (Å²) in [5.41, 5.74) is 2.57. The molecule has 0 unspecified atom stereocenters. The van der Waals surface area contributed by atoms with Gasteiger partial charge >= 0.3 is 0 Å². The predicted molar refractivity (Wildman–Crippen MR) is 80.1 cm³/mol. The Balaban J connectivity index is 1.94. The molecule has 0 saturated carbocycles. The quantitative estimate of drug-likeness (QED) is 0.682. The van der Waals surface area contributed by atoms with Crippen LogP contribution in [0.4, 0.5) is 0 Å². The topological polar surface area (TPSA) is 12.9 Å². The Morgan fingerprint density at radius 2 is 1.58 bits per heavy atom. The molecule has 0 spiro atoms. The standard InChI is InChI=1S/C17H14NS/c1-3-7-14(8-4-1)13-16(17-18-11-12-19-17)15-9-5-2-6-10-15/h1-12H,13H2. The predicted octanol–water partition coefficient (Wildman–Crippen LogP) is 4.36. The lowest BCUT2D eigenvalue weighted by molar-refractivity contribution is 1.01. The van der Waals surface area contributed by atoms with Gasteiger partial charge in [-0.1, -0.05) is 60.7 Å². The van der Waals surface area contributed by atoms with E-state index in [-0.39, 0.29) is 0 Å². The maximum Gasteiger partial charge on any atom is 0.105 e. The Hall–Kier alpha value is -1.93. The molecule has 0 atom stereocenters. The minimum Gasteiger partial charge on any atom is -0.249 e. The van der Waals surface area contributed by atoms with Crippen LogP contribution >= 0.6 is 11.3 Å². The van der Waals surface area contributed by atoms with Gasteiger partial charge in [0.1, 0.15) is 5.01 Å². The third-order valence-electron chi connectivity index (χ3n) is 3.04. The monoisotopic (exact) mass is 264 g/mol. The van der Waals surface area contributed by atoms with Gasteiger partial charge in [0, 0.05) is 11.6 Å². The van der Waals surface area contributed by atoms with E-state index >= 15 is 0 Å². The van der Waals surface area contributed by atoms with Crippen LogP contribution in [0.15, 0.2) is 72.2 Å². The molecule has 93 valence electrons. The van der Waals surface area contributed by atoms with Gasteiger partial charge in [0.2, 0.25) is 0 Å². The average Bonchev–Trinajstić information content (AvgIpc) is 3.01. The zero-order valence-electron chi connectivity index (χ0n) is 10.5. The molecule has 0 bridgehead atoms. The Morgan fingerprint density at radius 1 is 0.895 bits per heavy atom. The highest BCUT2D eigenvalue weighted by Gasteiger charge is 2.17. The van der Waals surface area contributed by atoms with Crippen molar-refractivity contribution in [3.8, 4) is 0 Å². The molecule has 3 rings (SSSR count). The van der Waals surface area contributed by atoms with Gasteiger partial charge in [-0.2, -0.15) is 0 Å². The highest BCUT2D eigenvalue weighted by atomic mass is 32.1. The molecule has 1 radical (unpaired) electrons. The van der Waals surface area contributed by atoms with Crippen molar-refractivity contribution in [1.82, 2.24) is 4.98 Å². The van der Waals surface area contributed by atoms with E-state index < -0.39 is 0 Å². The zero-order valence-corrected chi connectivity index (χ0v) is 11.3. The molecule has 1 aromatic heterocycles. The Labute approximate surface area is 117 Å². The van der Waals surface area contributed by atoms with Crippen molar-refractivity contribution in [3.05, 3.63) is 94.3 Å². The number of benzene rings is 2. The lowest BCUT2D eigenvalue weighted by atomic mass is 9.92. The lowest BCUT2D eigenvalue weighted by Crippen LogP contribution is -2.05. The molecule has 2 aromatic carbocycles. The van der Waals surface area contributed by atoms with Crippen LogP contribution in [0.25, 0.3) is 0 Å². The fourth-order valence-corrected chi connectivity index (χ4v) is 2.82. The molecule has 1 nitrogen and oxygen atoms in total. The van der Waals surface area contributed by atoms with Crippen molar-refractivity contribution in [2.75, 3.05) is 0 Å². The largest absolute Gasteiger partial charge is 0.249 e. The van der Waals surface area contributed by atoms with Gasteiger partial charge in [-0.3, -0.25) is 0 Å². The minimum atomic E-state index is 0.915. The Kier molecular flexibility index (Phi) is 3.70. The molecule has 0 saturated heterocycles. The number of hydrogen-bond acceptors (Lipinski definition) is 2. The highest BCUT2D eigenvalue weighted by Crippen LogP contribution is 2.28. The molecular weight excluding hydrogens is 250 g/mol. The first kappa shape index (κ1) is 12.1. The van der Waals surface area contributed by atoms with Crippen LogP contribution in [0.3, 0.4) is 0 Å². The van der Waals surface area contributed by atoms with E-state index in [1.54, 1.807) is 11.3 Å². The summed E-state index contributed by atoms with van der Waals surface area (Å²) in [5.74, 6) is 1.29.